The largest absolute Gasteiger partial charge is 0.325 e. The van der Waals surface area contributed by atoms with Crippen molar-refractivity contribution in [1.82, 2.24) is 0 Å². The van der Waals surface area contributed by atoms with Crippen molar-refractivity contribution in [3.63, 3.8) is 0 Å². The van der Waals surface area contributed by atoms with E-state index in [4.69, 9.17) is 17.3 Å². The van der Waals surface area contributed by atoms with Crippen molar-refractivity contribution in [3.8, 4) is 0 Å². The molecule has 0 spiro atoms. The third kappa shape index (κ3) is 3.70. The predicted molar refractivity (Wildman–Crippen MR) is 78.9 cm³/mol. The van der Waals surface area contributed by atoms with Crippen LogP contribution in [0, 0.1) is 11.2 Å². The maximum absolute atomic E-state index is 13.9. The van der Waals surface area contributed by atoms with E-state index in [0.29, 0.717) is 22.4 Å². The number of nitrogens with two attached hydrogens (primary N) is 1. The Bertz CT molecular complexity index is 438. The second kappa shape index (κ2) is 5.41. The molecule has 1 aromatic carbocycles. The molecule has 0 heterocycles. The smallest absolute Gasteiger partial charge is 0.127 e. The van der Waals surface area contributed by atoms with Gasteiger partial charge in [-0.3, -0.25) is 0 Å². The van der Waals surface area contributed by atoms with Crippen molar-refractivity contribution in [1.29, 1.82) is 0 Å². The molecule has 0 amide bonds. The summed E-state index contributed by atoms with van der Waals surface area (Å²) >= 11 is 6.11. The van der Waals surface area contributed by atoms with Gasteiger partial charge in [0.2, 0.25) is 0 Å². The van der Waals surface area contributed by atoms with Gasteiger partial charge in [0, 0.05) is 16.1 Å². The topological polar surface area (TPSA) is 26.0 Å². The molecule has 3 heteroatoms. The minimum absolute atomic E-state index is 0.235. The van der Waals surface area contributed by atoms with E-state index in [1.54, 1.807) is 12.1 Å². The summed E-state index contributed by atoms with van der Waals surface area (Å²) in [7, 11) is 0. The highest BCUT2D eigenvalue weighted by Gasteiger charge is 2.33. The second-order valence-electron chi connectivity index (χ2n) is 6.76. The van der Waals surface area contributed by atoms with Gasteiger partial charge in [0.25, 0.3) is 0 Å². The lowest BCUT2D eigenvalue weighted by molar-refractivity contribution is 0.296. The van der Waals surface area contributed by atoms with Crippen LogP contribution in [0.5, 0.6) is 0 Å². The maximum Gasteiger partial charge on any atom is 0.127 e. The molecule has 1 unspecified atom stereocenters. The summed E-state index contributed by atoms with van der Waals surface area (Å²) in [5.41, 5.74) is 7.13. The average molecular weight is 284 g/mol. The highest BCUT2D eigenvalue weighted by atomic mass is 35.5. The molecule has 2 rings (SSSR count). The quantitative estimate of drug-likeness (QED) is 0.782. The van der Waals surface area contributed by atoms with Gasteiger partial charge in [0.1, 0.15) is 5.82 Å². The molecule has 0 radical (unpaired) electrons. The van der Waals surface area contributed by atoms with Gasteiger partial charge in [-0.2, -0.15) is 0 Å². The molecule has 0 aliphatic heterocycles. The van der Waals surface area contributed by atoms with Crippen LogP contribution in [-0.2, 0) is 6.42 Å². The van der Waals surface area contributed by atoms with Crippen LogP contribution < -0.4 is 5.73 Å². The molecule has 1 saturated carbocycles. The predicted octanol–water partition coefficient (Wildman–Crippen LogP) is 4.71. The fraction of sp³-hybridized carbons (Fsp3) is 0.625. The van der Waals surface area contributed by atoms with Gasteiger partial charge in [-0.1, -0.05) is 37.9 Å². The number of benzene rings is 1. The average Bonchev–Trinajstić information content (AvgIpc) is 2.44. The van der Waals surface area contributed by atoms with Crippen LogP contribution >= 0.6 is 11.6 Å². The first-order chi connectivity index (χ1) is 8.81. The summed E-state index contributed by atoms with van der Waals surface area (Å²) in [5.74, 6) is -0.235. The maximum atomic E-state index is 13.9. The third-order valence-electron chi connectivity index (χ3n) is 4.42. The van der Waals surface area contributed by atoms with Crippen molar-refractivity contribution in [3.05, 3.63) is 34.6 Å². The minimum Gasteiger partial charge on any atom is -0.325 e. The van der Waals surface area contributed by atoms with Crippen LogP contribution in [0.15, 0.2) is 18.2 Å². The van der Waals surface area contributed by atoms with Gasteiger partial charge < -0.3 is 5.73 Å². The summed E-state index contributed by atoms with van der Waals surface area (Å²) in [4.78, 5) is 0. The van der Waals surface area contributed by atoms with Gasteiger partial charge in [0.05, 0.1) is 0 Å². The molecule has 1 fully saturated rings. The van der Waals surface area contributed by atoms with Gasteiger partial charge in [-0.15, -0.1) is 0 Å². The van der Waals surface area contributed by atoms with Gasteiger partial charge in [-0.25, -0.2) is 4.39 Å². The van der Waals surface area contributed by atoms with E-state index in [1.807, 2.05) is 0 Å². The summed E-state index contributed by atoms with van der Waals surface area (Å²) in [6.07, 6.45) is 5.81. The van der Waals surface area contributed by atoms with E-state index in [1.165, 1.54) is 12.5 Å². The summed E-state index contributed by atoms with van der Waals surface area (Å²) in [6.45, 7) is 4.57. The van der Waals surface area contributed by atoms with Crippen molar-refractivity contribution in [2.75, 3.05) is 0 Å². The molecule has 0 saturated heterocycles. The lowest BCUT2D eigenvalue weighted by atomic mass is 9.81. The Morgan fingerprint density at radius 2 is 1.95 bits per heavy atom. The third-order valence-corrected chi connectivity index (χ3v) is 4.77. The Kier molecular flexibility index (Phi) is 4.22. The first-order valence-corrected chi connectivity index (χ1v) is 7.41. The zero-order valence-electron chi connectivity index (χ0n) is 11.8. The second-order valence-corrected chi connectivity index (χ2v) is 7.16. The van der Waals surface area contributed by atoms with Crippen LogP contribution in [0.3, 0.4) is 0 Å². The molecule has 0 aromatic heterocycles. The van der Waals surface area contributed by atoms with Crippen molar-refractivity contribution in [2.45, 2.75) is 57.9 Å². The van der Waals surface area contributed by atoms with Gasteiger partial charge in [0.15, 0.2) is 0 Å². The Labute approximate surface area is 120 Å². The molecule has 0 bridgehead atoms. The van der Waals surface area contributed by atoms with Crippen LogP contribution in [0.2, 0.25) is 5.02 Å². The van der Waals surface area contributed by atoms with Crippen molar-refractivity contribution < 1.29 is 4.39 Å². The first-order valence-electron chi connectivity index (χ1n) is 7.03. The highest BCUT2D eigenvalue weighted by molar-refractivity contribution is 6.31. The molecular formula is C16H23ClFN. The fourth-order valence-corrected chi connectivity index (χ4v) is 3.22. The summed E-state index contributed by atoms with van der Waals surface area (Å²) in [6, 6.07) is 4.84. The van der Waals surface area contributed by atoms with Crippen LogP contribution in [0.4, 0.5) is 4.39 Å². The van der Waals surface area contributed by atoms with Crippen molar-refractivity contribution in [2.24, 2.45) is 11.1 Å². The summed E-state index contributed by atoms with van der Waals surface area (Å²) < 4.78 is 13.9. The number of halogens is 2. The lowest BCUT2D eigenvalue weighted by Crippen LogP contribution is -2.42. The Morgan fingerprint density at radius 1 is 1.21 bits per heavy atom. The number of rotatable bonds is 2. The Balaban J connectivity index is 2.17. The molecule has 19 heavy (non-hydrogen) atoms. The van der Waals surface area contributed by atoms with Crippen LogP contribution in [-0.4, -0.2) is 5.54 Å². The molecule has 1 aliphatic carbocycles. The number of hydrogen-bond acceptors (Lipinski definition) is 1. The van der Waals surface area contributed by atoms with E-state index in [2.05, 4.69) is 13.8 Å². The van der Waals surface area contributed by atoms with Gasteiger partial charge in [-0.05, 0) is 49.7 Å². The monoisotopic (exact) mass is 283 g/mol. The van der Waals surface area contributed by atoms with E-state index >= 15 is 0 Å². The van der Waals surface area contributed by atoms with E-state index in [-0.39, 0.29) is 11.4 Å². The SMILES string of the molecule is CC1(C)CCCC(N)(Cc2c(F)cccc2Cl)CC1. The van der Waals surface area contributed by atoms with Gasteiger partial charge >= 0.3 is 0 Å². The van der Waals surface area contributed by atoms with Crippen molar-refractivity contribution >= 4 is 11.6 Å². The van der Waals surface area contributed by atoms with E-state index in [9.17, 15) is 4.39 Å². The zero-order valence-corrected chi connectivity index (χ0v) is 12.6. The van der Waals surface area contributed by atoms with Crippen LogP contribution in [0.25, 0.3) is 0 Å². The molecule has 1 aliphatic rings. The highest BCUT2D eigenvalue weighted by Crippen LogP contribution is 2.39. The molecule has 1 aromatic rings. The molecule has 2 N–H and O–H groups in total. The first kappa shape index (κ1) is 14.8. The number of hydrogen-bond donors (Lipinski definition) is 1. The Hall–Kier alpha value is -0.600. The zero-order chi connectivity index (χ0) is 14.1. The standard InChI is InChI=1S/C16H23ClFN/c1-15(2)7-4-8-16(19,10-9-15)11-12-13(17)5-3-6-14(12)18/h3,5-6H,4,7-11,19H2,1-2H3. The summed E-state index contributed by atoms with van der Waals surface area (Å²) in [5, 5.41) is 0.494. The minimum atomic E-state index is -0.320. The lowest BCUT2D eigenvalue weighted by Gasteiger charge is -2.30. The Morgan fingerprint density at radius 3 is 2.63 bits per heavy atom. The van der Waals surface area contributed by atoms with Crippen LogP contribution in [0.1, 0.15) is 51.5 Å². The van der Waals surface area contributed by atoms with E-state index < -0.39 is 0 Å². The normalized spacial score (nSPS) is 27.0. The molecular weight excluding hydrogens is 261 g/mol. The molecule has 1 atom stereocenters. The van der Waals surface area contributed by atoms with E-state index in [0.717, 1.165) is 25.7 Å². The molecule has 1 nitrogen and oxygen atoms in total. The fourth-order valence-electron chi connectivity index (χ4n) is 2.99. The molecule has 106 valence electrons.